The normalized spacial score (nSPS) is 22.0. The molecule has 1 amide bonds. The van der Waals surface area contributed by atoms with E-state index < -0.39 is 29.2 Å². The summed E-state index contributed by atoms with van der Waals surface area (Å²) in [6.45, 7) is 2.32. The van der Waals surface area contributed by atoms with Gasteiger partial charge in [-0.2, -0.15) is 0 Å². The summed E-state index contributed by atoms with van der Waals surface area (Å²) in [6.07, 6.45) is 0.950. The molecule has 2 unspecified atom stereocenters. The van der Waals surface area contributed by atoms with E-state index in [9.17, 15) is 24.3 Å². The zero-order valence-corrected chi connectivity index (χ0v) is 11.6. The first-order valence-corrected chi connectivity index (χ1v) is 6.71. The summed E-state index contributed by atoms with van der Waals surface area (Å²) in [5.74, 6) is -1.20. The van der Waals surface area contributed by atoms with Crippen LogP contribution in [-0.2, 0) is 16.0 Å². The number of carbonyl (C=O) groups excluding carboxylic acids is 1. The van der Waals surface area contributed by atoms with Gasteiger partial charge in [-0.05, 0) is 18.8 Å². The molecule has 0 radical (unpaired) electrons. The van der Waals surface area contributed by atoms with Crippen LogP contribution in [0.15, 0.2) is 15.7 Å². The van der Waals surface area contributed by atoms with Crippen LogP contribution in [0.2, 0.25) is 0 Å². The lowest BCUT2D eigenvalue weighted by molar-refractivity contribution is -0.152. The number of carboxylic acid groups (broad SMARTS) is 1. The van der Waals surface area contributed by atoms with Gasteiger partial charge in [-0.3, -0.25) is 14.6 Å². The molecule has 0 saturated carbocycles. The third-order valence-corrected chi connectivity index (χ3v) is 3.63. The van der Waals surface area contributed by atoms with Crippen LogP contribution in [0.4, 0.5) is 0 Å². The maximum absolute atomic E-state index is 12.2. The number of carbonyl (C=O) groups is 2. The van der Waals surface area contributed by atoms with Crippen LogP contribution in [0.3, 0.4) is 0 Å². The van der Waals surface area contributed by atoms with Crippen molar-refractivity contribution in [3.8, 4) is 0 Å². The van der Waals surface area contributed by atoms with Gasteiger partial charge in [-0.15, -0.1) is 0 Å². The van der Waals surface area contributed by atoms with Crippen molar-refractivity contribution in [2.75, 3.05) is 6.54 Å². The Morgan fingerprint density at radius 2 is 2.10 bits per heavy atom. The third kappa shape index (κ3) is 3.59. The van der Waals surface area contributed by atoms with E-state index in [-0.39, 0.29) is 18.0 Å². The number of aromatic amines is 2. The summed E-state index contributed by atoms with van der Waals surface area (Å²) in [6, 6.07) is 0.275. The van der Waals surface area contributed by atoms with E-state index in [1.807, 2.05) is 11.9 Å². The molecule has 1 saturated heterocycles. The number of piperidine rings is 1. The van der Waals surface area contributed by atoms with Gasteiger partial charge in [0.1, 0.15) is 6.04 Å². The Hall–Kier alpha value is -2.38. The Balaban J connectivity index is 2.16. The van der Waals surface area contributed by atoms with Gasteiger partial charge in [-0.25, -0.2) is 9.59 Å². The molecular formula is C13H17N3O5. The van der Waals surface area contributed by atoms with Crippen LogP contribution in [0.1, 0.15) is 25.5 Å². The Morgan fingerprint density at radius 1 is 1.38 bits per heavy atom. The molecule has 0 bridgehead atoms. The van der Waals surface area contributed by atoms with E-state index in [1.54, 1.807) is 0 Å². The Labute approximate surface area is 119 Å². The number of H-pyrrole nitrogens is 2. The lowest BCUT2D eigenvalue weighted by Gasteiger charge is -2.36. The molecule has 0 spiro atoms. The van der Waals surface area contributed by atoms with Crippen LogP contribution in [0.25, 0.3) is 0 Å². The second kappa shape index (κ2) is 5.94. The number of amides is 1. The fourth-order valence-electron chi connectivity index (χ4n) is 2.55. The summed E-state index contributed by atoms with van der Waals surface area (Å²) in [5.41, 5.74) is -1.10. The molecule has 0 aliphatic carbocycles. The van der Waals surface area contributed by atoms with Gasteiger partial charge in [-0.1, -0.05) is 6.92 Å². The molecule has 1 aromatic heterocycles. The Bertz CT molecular complexity index is 634. The van der Waals surface area contributed by atoms with Gasteiger partial charge >= 0.3 is 11.7 Å². The van der Waals surface area contributed by atoms with Crippen molar-refractivity contribution in [2.24, 2.45) is 5.92 Å². The van der Waals surface area contributed by atoms with Gasteiger partial charge in [0.2, 0.25) is 5.91 Å². The minimum Gasteiger partial charge on any atom is -0.480 e. The van der Waals surface area contributed by atoms with E-state index in [1.165, 1.54) is 4.90 Å². The third-order valence-electron chi connectivity index (χ3n) is 3.63. The van der Waals surface area contributed by atoms with E-state index in [2.05, 4.69) is 4.98 Å². The number of aliphatic carboxylic acids is 1. The molecule has 8 heteroatoms. The summed E-state index contributed by atoms with van der Waals surface area (Å²) in [5, 5.41) is 9.22. The molecule has 3 N–H and O–H groups in total. The maximum Gasteiger partial charge on any atom is 0.326 e. The highest BCUT2D eigenvalue weighted by atomic mass is 16.4. The second-order valence-electron chi connectivity index (χ2n) is 5.36. The predicted molar refractivity (Wildman–Crippen MR) is 72.9 cm³/mol. The molecule has 1 aliphatic rings. The molecule has 0 aromatic carbocycles. The number of likely N-dealkylation sites (tertiary alicyclic amines) is 1. The Morgan fingerprint density at radius 3 is 2.71 bits per heavy atom. The number of hydrogen-bond donors (Lipinski definition) is 3. The number of hydrogen-bond acceptors (Lipinski definition) is 4. The van der Waals surface area contributed by atoms with Crippen LogP contribution >= 0.6 is 0 Å². The highest BCUT2D eigenvalue weighted by Gasteiger charge is 2.34. The first-order chi connectivity index (χ1) is 9.86. The fourth-order valence-corrected chi connectivity index (χ4v) is 2.55. The van der Waals surface area contributed by atoms with Gasteiger partial charge < -0.3 is 15.0 Å². The topological polar surface area (TPSA) is 123 Å². The van der Waals surface area contributed by atoms with Gasteiger partial charge in [0.05, 0.1) is 6.42 Å². The second-order valence-corrected chi connectivity index (χ2v) is 5.36. The molecule has 8 nitrogen and oxygen atoms in total. The molecule has 2 heterocycles. The molecule has 1 aliphatic heterocycles. The SMILES string of the molecule is CC1CCN(C(=O)Cc2cc(=O)[nH]c(=O)[nH]2)C(C(=O)O)C1. The first-order valence-electron chi connectivity index (χ1n) is 6.71. The van der Waals surface area contributed by atoms with Crippen LogP contribution in [-0.4, -0.2) is 44.4 Å². The van der Waals surface area contributed by atoms with Crippen LogP contribution < -0.4 is 11.2 Å². The molecule has 1 aromatic rings. The number of aromatic nitrogens is 2. The van der Waals surface area contributed by atoms with E-state index in [0.29, 0.717) is 13.0 Å². The smallest absolute Gasteiger partial charge is 0.326 e. The highest BCUT2D eigenvalue weighted by Crippen LogP contribution is 2.23. The van der Waals surface area contributed by atoms with Crippen molar-refractivity contribution in [1.29, 1.82) is 0 Å². The van der Waals surface area contributed by atoms with Crippen molar-refractivity contribution in [3.05, 3.63) is 32.6 Å². The van der Waals surface area contributed by atoms with Gasteiger partial charge in [0, 0.05) is 18.3 Å². The number of nitrogens with zero attached hydrogens (tertiary/aromatic N) is 1. The first kappa shape index (κ1) is 15.0. The van der Waals surface area contributed by atoms with Crippen molar-refractivity contribution in [2.45, 2.75) is 32.2 Å². The van der Waals surface area contributed by atoms with Crippen molar-refractivity contribution in [1.82, 2.24) is 14.9 Å². The lowest BCUT2D eigenvalue weighted by Crippen LogP contribution is -2.50. The van der Waals surface area contributed by atoms with E-state index in [0.717, 1.165) is 12.5 Å². The zero-order valence-electron chi connectivity index (χ0n) is 11.6. The van der Waals surface area contributed by atoms with Crippen molar-refractivity contribution >= 4 is 11.9 Å². The quantitative estimate of drug-likeness (QED) is 0.681. The minimum absolute atomic E-state index is 0.177. The summed E-state index contributed by atoms with van der Waals surface area (Å²) >= 11 is 0. The lowest BCUT2D eigenvalue weighted by atomic mass is 9.92. The Kier molecular flexibility index (Phi) is 4.25. The van der Waals surface area contributed by atoms with Crippen molar-refractivity contribution in [3.63, 3.8) is 0 Å². The predicted octanol–water partition coefficient (Wildman–Crippen LogP) is -0.683. The average molecular weight is 295 g/mol. The molecule has 1 fully saturated rings. The van der Waals surface area contributed by atoms with Crippen LogP contribution in [0, 0.1) is 5.92 Å². The number of carboxylic acids is 1. The van der Waals surface area contributed by atoms with Gasteiger partial charge in [0.25, 0.3) is 5.56 Å². The monoisotopic (exact) mass is 295 g/mol. The summed E-state index contributed by atoms with van der Waals surface area (Å²) in [7, 11) is 0. The number of rotatable bonds is 3. The molecule has 21 heavy (non-hydrogen) atoms. The van der Waals surface area contributed by atoms with Crippen LogP contribution in [0.5, 0.6) is 0 Å². The van der Waals surface area contributed by atoms with Crippen molar-refractivity contribution < 1.29 is 14.7 Å². The summed E-state index contributed by atoms with van der Waals surface area (Å²) < 4.78 is 0. The van der Waals surface area contributed by atoms with E-state index >= 15 is 0 Å². The molecule has 2 atom stereocenters. The number of nitrogens with one attached hydrogen (secondary N) is 2. The highest BCUT2D eigenvalue weighted by molar-refractivity contribution is 5.85. The minimum atomic E-state index is -1.03. The summed E-state index contributed by atoms with van der Waals surface area (Å²) in [4.78, 5) is 51.5. The molecule has 2 rings (SSSR count). The zero-order chi connectivity index (χ0) is 15.6. The largest absolute Gasteiger partial charge is 0.480 e. The maximum atomic E-state index is 12.2. The standard InChI is InChI=1S/C13H17N3O5/c1-7-2-3-16(9(4-7)12(19)20)11(18)6-8-5-10(17)15-13(21)14-8/h5,7,9H,2-4,6H2,1H3,(H,19,20)(H2,14,15,17,21). The van der Waals surface area contributed by atoms with E-state index in [4.69, 9.17) is 0 Å². The van der Waals surface area contributed by atoms with Gasteiger partial charge in [0.15, 0.2) is 0 Å². The molecular weight excluding hydrogens is 278 g/mol. The molecule has 114 valence electrons. The fraction of sp³-hybridized carbons (Fsp3) is 0.538. The average Bonchev–Trinajstić information content (AvgIpc) is 2.36.